The summed E-state index contributed by atoms with van der Waals surface area (Å²) < 4.78 is 18.4. The van der Waals surface area contributed by atoms with Gasteiger partial charge in [-0.25, -0.2) is 9.18 Å². The number of carbonyl (C=O) groups is 2. The number of benzene rings is 2. The highest BCUT2D eigenvalue weighted by atomic mass is 35.5. The number of hydrogen-bond donors (Lipinski definition) is 1. The van der Waals surface area contributed by atoms with Crippen LogP contribution in [-0.4, -0.2) is 19.0 Å². The Hall–Kier alpha value is -2.40. The lowest BCUT2D eigenvalue weighted by Crippen LogP contribution is -2.17. The molecule has 4 nitrogen and oxygen atoms in total. The Kier molecular flexibility index (Phi) is 5.34. The zero-order valence-corrected chi connectivity index (χ0v) is 13.4. The first-order chi connectivity index (χ1) is 10.9. The Labute approximate surface area is 138 Å². The molecule has 0 spiro atoms. The summed E-state index contributed by atoms with van der Waals surface area (Å²) in [7, 11) is 1.28. The Bertz CT molecular complexity index is 741. The Morgan fingerprint density at radius 1 is 1.22 bits per heavy atom. The third kappa shape index (κ3) is 3.87. The Balaban J connectivity index is 2.20. The highest BCUT2D eigenvalue weighted by molar-refractivity contribution is 6.31. The number of methoxy groups -OCH3 is 1. The van der Waals surface area contributed by atoms with E-state index in [-0.39, 0.29) is 17.0 Å². The summed E-state index contributed by atoms with van der Waals surface area (Å²) in [6, 6.07) is 9.13. The fourth-order valence-corrected chi connectivity index (χ4v) is 2.39. The average molecular weight is 336 g/mol. The van der Waals surface area contributed by atoms with E-state index in [9.17, 15) is 14.0 Å². The number of nitrogens with one attached hydrogen (secondary N) is 1. The van der Waals surface area contributed by atoms with Crippen LogP contribution in [0.1, 0.15) is 21.5 Å². The van der Waals surface area contributed by atoms with Gasteiger partial charge in [-0.3, -0.25) is 4.79 Å². The SMILES string of the molecule is COC(=O)c1cccc(NC(=O)Cc2c(F)cccc2Cl)c1C. The second kappa shape index (κ2) is 7.24. The van der Waals surface area contributed by atoms with Crippen molar-refractivity contribution in [2.24, 2.45) is 0 Å². The Morgan fingerprint density at radius 2 is 1.91 bits per heavy atom. The van der Waals surface area contributed by atoms with E-state index >= 15 is 0 Å². The summed E-state index contributed by atoms with van der Waals surface area (Å²) in [6.07, 6.45) is -0.201. The minimum Gasteiger partial charge on any atom is -0.465 e. The van der Waals surface area contributed by atoms with Gasteiger partial charge in [0.1, 0.15) is 5.82 Å². The van der Waals surface area contributed by atoms with Gasteiger partial charge in [0.15, 0.2) is 0 Å². The van der Waals surface area contributed by atoms with Crippen LogP contribution in [0.25, 0.3) is 0 Å². The minimum atomic E-state index is -0.535. The zero-order chi connectivity index (χ0) is 17.0. The van der Waals surface area contributed by atoms with Crippen molar-refractivity contribution in [1.29, 1.82) is 0 Å². The molecule has 0 bridgehead atoms. The molecule has 6 heteroatoms. The molecular formula is C17H15ClFNO3. The van der Waals surface area contributed by atoms with Crippen molar-refractivity contribution in [3.63, 3.8) is 0 Å². The number of hydrogen-bond acceptors (Lipinski definition) is 3. The van der Waals surface area contributed by atoms with Crippen LogP contribution in [0.3, 0.4) is 0 Å². The number of rotatable bonds is 4. The number of carbonyl (C=O) groups excluding carboxylic acids is 2. The molecule has 0 unspecified atom stereocenters. The molecule has 0 aromatic heterocycles. The minimum absolute atomic E-state index is 0.133. The number of anilines is 1. The van der Waals surface area contributed by atoms with Gasteiger partial charge in [-0.05, 0) is 36.8 Å². The van der Waals surface area contributed by atoms with Crippen molar-refractivity contribution in [2.45, 2.75) is 13.3 Å². The van der Waals surface area contributed by atoms with Gasteiger partial charge in [0.05, 0.1) is 19.1 Å². The van der Waals surface area contributed by atoms with Crippen LogP contribution in [0.15, 0.2) is 36.4 Å². The number of esters is 1. The summed E-state index contributed by atoms with van der Waals surface area (Å²) in [5.74, 6) is -1.45. The van der Waals surface area contributed by atoms with Gasteiger partial charge < -0.3 is 10.1 Å². The van der Waals surface area contributed by atoms with E-state index in [2.05, 4.69) is 10.1 Å². The van der Waals surface area contributed by atoms with E-state index in [4.69, 9.17) is 11.6 Å². The maximum Gasteiger partial charge on any atom is 0.338 e. The molecule has 2 aromatic rings. The second-order valence-electron chi connectivity index (χ2n) is 4.89. The van der Waals surface area contributed by atoms with Crippen molar-refractivity contribution in [3.05, 3.63) is 63.9 Å². The van der Waals surface area contributed by atoms with Crippen molar-refractivity contribution < 1.29 is 18.7 Å². The molecule has 0 aliphatic heterocycles. The van der Waals surface area contributed by atoms with Gasteiger partial charge in [0, 0.05) is 16.3 Å². The molecule has 2 rings (SSSR count). The largest absolute Gasteiger partial charge is 0.465 e. The fraction of sp³-hybridized carbons (Fsp3) is 0.176. The topological polar surface area (TPSA) is 55.4 Å². The molecule has 120 valence electrons. The van der Waals surface area contributed by atoms with Gasteiger partial charge in [-0.2, -0.15) is 0 Å². The molecule has 1 amide bonds. The lowest BCUT2D eigenvalue weighted by molar-refractivity contribution is -0.115. The molecule has 0 saturated carbocycles. The monoisotopic (exact) mass is 335 g/mol. The maximum absolute atomic E-state index is 13.7. The third-order valence-corrected chi connectivity index (χ3v) is 3.77. The second-order valence-corrected chi connectivity index (χ2v) is 5.30. The van der Waals surface area contributed by atoms with Crippen molar-refractivity contribution in [1.82, 2.24) is 0 Å². The quantitative estimate of drug-likeness (QED) is 0.866. The first-order valence-corrected chi connectivity index (χ1v) is 7.22. The van der Waals surface area contributed by atoms with Gasteiger partial charge in [0.25, 0.3) is 0 Å². The van der Waals surface area contributed by atoms with Gasteiger partial charge >= 0.3 is 5.97 Å². The summed E-state index contributed by atoms with van der Waals surface area (Å²) >= 11 is 5.91. The fourth-order valence-electron chi connectivity index (χ4n) is 2.16. The molecule has 0 aliphatic carbocycles. The van der Waals surface area contributed by atoms with Gasteiger partial charge in [-0.1, -0.05) is 23.7 Å². The third-order valence-electron chi connectivity index (χ3n) is 3.41. The summed E-state index contributed by atoms with van der Waals surface area (Å²) in [4.78, 5) is 23.8. The van der Waals surface area contributed by atoms with Gasteiger partial charge in [0.2, 0.25) is 5.91 Å². The van der Waals surface area contributed by atoms with E-state index in [1.165, 1.54) is 25.3 Å². The van der Waals surface area contributed by atoms with Crippen molar-refractivity contribution >= 4 is 29.2 Å². The van der Waals surface area contributed by atoms with Crippen LogP contribution < -0.4 is 5.32 Å². The van der Waals surface area contributed by atoms with E-state index < -0.39 is 17.7 Å². The van der Waals surface area contributed by atoms with E-state index in [0.29, 0.717) is 16.8 Å². The van der Waals surface area contributed by atoms with Gasteiger partial charge in [-0.15, -0.1) is 0 Å². The Morgan fingerprint density at radius 3 is 2.57 bits per heavy atom. The van der Waals surface area contributed by atoms with E-state index in [1.54, 1.807) is 25.1 Å². The van der Waals surface area contributed by atoms with Crippen molar-refractivity contribution in [3.8, 4) is 0 Å². The van der Waals surface area contributed by atoms with E-state index in [1.807, 2.05) is 0 Å². The normalized spacial score (nSPS) is 10.3. The molecule has 0 aliphatic rings. The molecular weight excluding hydrogens is 321 g/mol. The van der Waals surface area contributed by atoms with Crippen molar-refractivity contribution in [2.75, 3.05) is 12.4 Å². The first-order valence-electron chi connectivity index (χ1n) is 6.84. The first kappa shape index (κ1) is 17.0. The predicted octanol–water partition coefficient (Wildman–Crippen LogP) is 3.76. The highest BCUT2D eigenvalue weighted by Gasteiger charge is 2.15. The zero-order valence-electron chi connectivity index (χ0n) is 12.7. The number of ether oxygens (including phenoxy) is 1. The van der Waals surface area contributed by atoms with Crippen LogP contribution in [0.4, 0.5) is 10.1 Å². The lowest BCUT2D eigenvalue weighted by Gasteiger charge is -2.12. The van der Waals surface area contributed by atoms with Crippen LogP contribution in [0, 0.1) is 12.7 Å². The molecule has 0 heterocycles. The molecule has 0 atom stereocenters. The summed E-state index contributed by atoms with van der Waals surface area (Å²) in [5, 5.41) is 2.86. The number of amides is 1. The van der Waals surface area contributed by atoms with Crippen LogP contribution in [0.2, 0.25) is 5.02 Å². The lowest BCUT2D eigenvalue weighted by atomic mass is 10.1. The molecule has 0 fully saturated rings. The van der Waals surface area contributed by atoms with Crippen LogP contribution >= 0.6 is 11.6 Å². The molecule has 0 radical (unpaired) electrons. The molecule has 1 N–H and O–H groups in total. The molecule has 0 saturated heterocycles. The summed E-state index contributed by atoms with van der Waals surface area (Å²) in [5.41, 5.74) is 1.53. The standard InChI is InChI=1S/C17H15ClFNO3/c1-10-11(17(22)23-2)5-3-8-15(10)20-16(21)9-12-13(18)6-4-7-14(12)19/h3-8H,9H2,1-2H3,(H,20,21). The molecule has 23 heavy (non-hydrogen) atoms. The molecule has 2 aromatic carbocycles. The van der Waals surface area contributed by atoms with Crippen LogP contribution in [-0.2, 0) is 16.0 Å². The predicted molar refractivity (Wildman–Crippen MR) is 86.3 cm³/mol. The number of halogens is 2. The smallest absolute Gasteiger partial charge is 0.338 e. The average Bonchev–Trinajstić information content (AvgIpc) is 2.52. The van der Waals surface area contributed by atoms with Crippen LogP contribution in [0.5, 0.6) is 0 Å². The maximum atomic E-state index is 13.7. The summed E-state index contributed by atoms with van der Waals surface area (Å²) in [6.45, 7) is 1.69. The highest BCUT2D eigenvalue weighted by Crippen LogP contribution is 2.22. The van der Waals surface area contributed by atoms with E-state index in [0.717, 1.165) is 0 Å².